The van der Waals surface area contributed by atoms with Crippen LogP contribution in [0.4, 0.5) is 0 Å². The van der Waals surface area contributed by atoms with Crippen LogP contribution in [0, 0.1) is 13.8 Å². The number of rotatable bonds is 5. The molecular formula is C20H28N2O4. The van der Waals surface area contributed by atoms with E-state index in [-0.39, 0.29) is 25.0 Å². The van der Waals surface area contributed by atoms with E-state index in [0.29, 0.717) is 5.56 Å². The van der Waals surface area contributed by atoms with Crippen molar-refractivity contribution in [1.29, 1.82) is 0 Å². The van der Waals surface area contributed by atoms with E-state index < -0.39 is 5.97 Å². The van der Waals surface area contributed by atoms with Gasteiger partial charge < -0.3 is 15.0 Å². The number of nitrogens with zero attached hydrogens (tertiary/aromatic N) is 1. The number of esters is 1. The number of aryl methyl sites for hydroxylation is 2. The van der Waals surface area contributed by atoms with E-state index >= 15 is 0 Å². The van der Waals surface area contributed by atoms with Crippen molar-refractivity contribution in [3.05, 3.63) is 34.9 Å². The summed E-state index contributed by atoms with van der Waals surface area (Å²) in [6, 6.07) is 5.36. The monoisotopic (exact) mass is 360 g/mol. The van der Waals surface area contributed by atoms with E-state index in [1.54, 1.807) is 17.0 Å². The van der Waals surface area contributed by atoms with Gasteiger partial charge in [-0.25, -0.2) is 0 Å². The Balaban J connectivity index is 1.73. The summed E-state index contributed by atoms with van der Waals surface area (Å²) in [6.07, 6.45) is 5.47. The van der Waals surface area contributed by atoms with Crippen LogP contribution in [-0.2, 0) is 14.3 Å². The number of carbonyl (C=O) groups excluding carboxylic acids is 3. The molecule has 2 rings (SSSR count). The highest BCUT2D eigenvalue weighted by Crippen LogP contribution is 2.11. The second-order valence-corrected chi connectivity index (χ2v) is 6.79. The van der Waals surface area contributed by atoms with Crippen LogP contribution in [0.2, 0.25) is 0 Å². The highest BCUT2D eigenvalue weighted by molar-refractivity contribution is 5.96. The van der Waals surface area contributed by atoms with Crippen LogP contribution < -0.4 is 5.32 Å². The first-order chi connectivity index (χ1) is 12.5. The van der Waals surface area contributed by atoms with Gasteiger partial charge in [-0.2, -0.15) is 0 Å². The van der Waals surface area contributed by atoms with Crippen molar-refractivity contribution in [1.82, 2.24) is 10.2 Å². The van der Waals surface area contributed by atoms with Gasteiger partial charge >= 0.3 is 5.97 Å². The minimum Gasteiger partial charge on any atom is -0.454 e. The van der Waals surface area contributed by atoms with Crippen LogP contribution in [0.15, 0.2) is 18.2 Å². The molecule has 1 N–H and O–H groups in total. The molecule has 1 saturated heterocycles. The van der Waals surface area contributed by atoms with Gasteiger partial charge in [-0.15, -0.1) is 0 Å². The van der Waals surface area contributed by atoms with Crippen LogP contribution in [0.3, 0.4) is 0 Å². The Labute approximate surface area is 154 Å². The molecule has 142 valence electrons. The van der Waals surface area contributed by atoms with Crippen molar-refractivity contribution in [2.75, 3.05) is 26.2 Å². The van der Waals surface area contributed by atoms with Crippen LogP contribution in [0.25, 0.3) is 0 Å². The molecule has 0 unspecified atom stereocenters. The highest BCUT2D eigenvalue weighted by Gasteiger charge is 2.17. The molecule has 0 bridgehead atoms. The first-order valence-electron chi connectivity index (χ1n) is 9.26. The van der Waals surface area contributed by atoms with Crippen LogP contribution in [0.5, 0.6) is 0 Å². The number of nitrogens with one attached hydrogen (secondary N) is 1. The molecule has 1 fully saturated rings. The molecule has 26 heavy (non-hydrogen) atoms. The summed E-state index contributed by atoms with van der Waals surface area (Å²) in [6.45, 7) is 4.82. The average Bonchev–Trinajstić information content (AvgIpc) is 2.59. The predicted octanol–water partition coefficient (Wildman–Crippen LogP) is 2.37. The van der Waals surface area contributed by atoms with Crippen molar-refractivity contribution in [3.63, 3.8) is 0 Å². The molecular weight excluding hydrogens is 332 g/mol. The molecule has 0 aromatic heterocycles. The zero-order valence-corrected chi connectivity index (χ0v) is 15.7. The quantitative estimate of drug-likeness (QED) is 0.818. The Hall–Kier alpha value is -2.37. The lowest BCUT2D eigenvalue weighted by Crippen LogP contribution is -2.38. The number of hydrogen-bond donors (Lipinski definition) is 1. The Kier molecular flexibility index (Phi) is 7.63. The third-order valence-electron chi connectivity index (χ3n) is 4.73. The standard InChI is InChI=1S/C20H28N2O4/c1-15-8-9-17(12-16(15)2)20(25)21-13-19(24)26-14-18(23)22-10-6-4-3-5-7-11-22/h8-9,12H,3-7,10-11,13-14H2,1-2H3,(H,21,25). The fourth-order valence-electron chi connectivity index (χ4n) is 2.92. The summed E-state index contributed by atoms with van der Waals surface area (Å²) in [4.78, 5) is 37.8. The maximum absolute atomic E-state index is 12.2. The molecule has 0 aliphatic carbocycles. The number of ether oxygens (including phenoxy) is 1. The maximum atomic E-state index is 12.2. The normalized spacial score (nSPS) is 14.9. The molecule has 1 aliphatic rings. The molecule has 1 aromatic carbocycles. The van der Waals surface area contributed by atoms with Gasteiger partial charge in [-0.1, -0.05) is 25.3 Å². The minimum absolute atomic E-state index is 0.166. The summed E-state index contributed by atoms with van der Waals surface area (Å²) >= 11 is 0. The van der Waals surface area contributed by atoms with Gasteiger partial charge in [-0.3, -0.25) is 14.4 Å². The summed E-state index contributed by atoms with van der Waals surface area (Å²) in [5.74, 6) is -1.11. The number of benzene rings is 1. The molecule has 6 heteroatoms. The second-order valence-electron chi connectivity index (χ2n) is 6.79. The molecule has 1 aromatic rings. The molecule has 2 amide bonds. The fourth-order valence-corrected chi connectivity index (χ4v) is 2.92. The van der Waals surface area contributed by atoms with Gasteiger partial charge in [0.15, 0.2) is 6.61 Å². The Morgan fingerprint density at radius 1 is 1.00 bits per heavy atom. The highest BCUT2D eigenvalue weighted by atomic mass is 16.5. The number of likely N-dealkylation sites (tertiary alicyclic amines) is 1. The first kappa shape index (κ1) is 19.9. The summed E-state index contributed by atoms with van der Waals surface area (Å²) < 4.78 is 5.01. The smallest absolute Gasteiger partial charge is 0.325 e. The number of amides is 2. The van der Waals surface area contributed by atoms with Crippen LogP contribution >= 0.6 is 0 Å². The number of carbonyl (C=O) groups is 3. The Bertz CT molecular complexity index is 649. The average molecular weight is 360 g/mol. The van der Waals surface area contributed by atoms with Gasteiger partial charge in [0.2, 0.25) is 0 Å². The van der Waals surface area contributed by atoms with Crippen molar-refractivity contribution in [2.45, 2.75) is 46.0 Å². The van der Waals surface area contributed by atoms with Crippen LogP contribution in [0.1, 0.15) is 53.6 Å². The molecule has 0 atom stereocenters. The van der Waals surface area contributed by atoms with Gasteiger partial charge in [0.1, 0.15) is 6.54 Å². The van der Waals surface area contributed by atoms with Crippen LogP contribution in [-0.4, -0.2) is 48.9 Å². The third kappa shape index (κ3) is 6.17. The lowest BCUT2D eigenvalue weighted by molar-refractivity contribution is -0.151. The minimum atomic E-state index is -0.609. The van der Waals surface area contributed by atoms with E-state index in [0.717, 1.165) is 49.9 Å². The first-order valence-corrected chi connectivity index (χ1v) is 9.26. The molecule has 1 aliphatic heterocycles. The second kappa shape index (κ2) is 9.94. The van der Waals surface area contributed by atoms with E-state index in [1.165, 1.54) is 6.42 Å². The maximum Gasteiger partial charge on any atom is 0.325 e. The summed E-state index contributed by atoms with van der Waals surface area (Å²) in [5.41, 5.74) is 2.61. The van der Waals surface area contributed by atoms with Crippen molar-refractivity contribution >= 4 is 17.8 Å². The molecule has 0 spiro atoms. The zero-order valence-electron chi connectivity index (χ0n) is 15.7. The van der Waals surface area contributed by atoms with Gasteiger partial charge in [-0.05, 0) is 49.9 Å². The summed E-state index contributed by atoms with van der Waals surface area (Å²) in [7, 11) is 0. The molecule has 1 heterocycles. The molecule has 0 saturated carbocycles. The predicted molar refractivity (Wildman–Crippen MR) is 98.9 cm³/mol. The Morgan fingerprint density at radius 3 is 2.31 bits per heavy atom. The Morgan fingerprint density at radius 2 is 1.65 bits per heavy atom. The molecule has 0 radical (unpaired) electrons. The number of hydrogen-bond acceptors (Lipinski definition) is 4. The lowest BCUT2D eigenvalue weighted by Gasteiger charge is -2.24. The third-order valence-corrected chi connectivity index (χ3v) is 4.73. The van der Waals surface area contributed by atoms with Gasteiger partial charge in [0.05, 0.1) is 0 Å². The zero-order chi connectivity index (χ0) is 18.9. The lowest BCUT2D eigenvalue weighted by atomic mass is 10.1. The molecule has 6 nitrogen and oxygen atoms in total. The SMILES string of the molecule is Cc1ccc(C(=O)NCC(=O)OCC(=O)N2CCCCCCC2)cc1C. The van der Waals surface area contributed by atoms with E-state index in [1.807, 2.05) is 19.9 Å². The van der Waals surface area contributed by atoms with Gasteiger partial charge in [0, 0.05) is 18.7 Å². The van der Waals surface area contributed by atoms with E-state index in [4.69, 9.17) is 4.74 Å². The topological polar surface area (TPSA) is 75.7 Å². The van der Waals surface area contributed by atoms with Gasteiger partial charge in [0.25, 0.3) is 11.8 Å². The summed E-state index contributed by atoms with van der Waals surface area (Å²) in [5, 5.41) is 2.53. The van der Waals surface area contributed by atoms with Crippen molar-refractivity contribution < 1.29 is 19.1 Å². The van der Waals surface area contributed by atoms with E-state index in [2.05, 4.69) is 5.32 Å². The van der Waals surface area contributed by atoms with Crippen molar-refractivity contribution in [2.24, 2.45) is 0 Å². The van der Waals surface area contributed by atoms with Crippen molar-refractivity contribution in [3.8, 4) is 0 Å². The van der Waals surface area contributed by atoms with E-state index in [9.17, 15) is 14.4 Å². The largest absolute Gasteiger partial charge is 0.454 e. The fraction of sp³-hybridized carbons (Fsp3) is 0.550.